The minimum Gasteiger partial charge on any atom is -0.547 e. The van der Waals surface area contributed by atoms with E-state index < -0.39 is 11.5 Å². The van der Waals surface area contributed by atoms with Gasteiger partial charge in [0.05, 0.1) is 5.97 Å². The number of benzene rings is 3. The van der Waals surface area contributed by atoms with Gasteiger partial charge in [0.1, 0.15) is 5.54 Å². The van der Waals surface area contributed by atoms with Crippen LogP contribution in [0.15, 0.2) is 96.0 Å². The first kappa shape index (κ1) is 18.7. The zero-order valence-corrected chi connectivity index (χ0v) is 14.0. The SMILES string of the molecule is O=C([O-])C(N=Cc1ccccc1)(c1ccccc1)c1ccccc1.[Li+]. The van der Waals surface area contributed by atoms with Gasteiger partial charge in [-0.2, -0.15) is 0 Å². The molecule has 0 amide bonds. The molecule has 0 fully saturated rings. The van der Waals surface area contributed by atoms with Gasteiger partial charge in [-0.25, -0.2) is 0 Å². The van der Waals surface area contributed by atoms with E-state index in [1.54, 1.807) is 54.7 Å². The first-order valence-electron chi connectivity index (χ1n) is 7.66. The Morgan fingerprint density at radius 1 is 0.760 bits per heavy atom. The van der Waals surface area contributed by atoms with Crippen LogP contribution in [-0.2, 0) is 10.3 Å². The molecule has 0 atom stereocenters. The van der Waals surface area contributed by atoms with Crippen molar-refractivity contribution < 1.29 is 28.8 Å². The molecule has 0 aliphatic rings. The summed E-state index contributed by atoms with van der Waals surface area (Å²) in [7, 11) is 0. The van der Waals surface area contributed by atoms with E-state index in [1.165, 1.54) is 0 Å². The van der Waals surface area contributed by atoms with E-state index in [-0.39, 0.29) is 18.9 Å². The number of nitrogens with zero attached hydrogens (tertiary/aromatic N) is 1. The number of carboxylic acid groups (broad SMARTS) is 1. The summed E-state index contributed by atoms with van der Waals surface area (Å²) in [6.45, 7) is 0. The number of hydrogen-bond donors (Lipinski definition) is 0. The third-order valence-corrected chi connectivity index (χ3v) is 3.89. The molecule has 3 rings (SSSR count). The van der Waals surface area contributed by atoms with E-state index in [9.17, 15) is 9.90 Å². The molecule has 0 radical (unpaired) electrons. The third-order valence-electron chi connectivity index (χ3n) is 3.89. The van der Waals surface area contributed by atoms with Crippen molar-refractivity contribution in [2.45, 2.75) is 5.54 Å². The second kappa shape index (κ2) is 8.48. The number of aliphatic carboxylic acids is 1. The van der Waals surface area contributed by atoms with Gasteiger partial charge in [-0.3, -0.25) is 4.99 Å². The van der Waals surface area contributed by atoms with Crippen molar-refractivity contribution >= 4 is 12.2 Å². The molecule has 0 aliphatic carbocycles. The van der Waals surface area contributed by atoms with Gasteiger partial charge in [0, 0.05) is 6.21 Å². The predicted octanol–water partition coefficient (Wildman–Crippen LogP) is -0.197. The van der Waals surface area contributed by atoms with Gasteiger partial charge in [-0.15, -0.1) is 0 Å². The average Bonchev–Trinajstić information content (AvgIpc) is 2.65. The Labute approximate surface area is 159 Å². The first-order chi connectivity index (χ1) is 11.7. The molecule has 3 aromatic carbocycles. The average molecular weight is 321 g/mol. The normalized spacial score (nSPS) is 11.0. The van der Waals surface area contributed by atoms with Crippen LogP contribution in [0.1, 0.15) is 16.7 Å². The van der Waals surface area contributed by atoms with Crippen molar-refractivity contribution in [3.05, 3.63) is 108 Å². The third kappa shape index (κ3) is 3.91. The van der Waals surface area contributed by atoms with Crippen LogP contribution in [0.3, 0.4) is 0 Å². The minimum atomic E-state index is -1.58. The second-order valence-corrected chi connectivity index (χ2v) is 5.40. The molecule has 118 valence electrons. The van der Waals surface area contributed by atoms with Crippen LogP contribution in [0.2, 0.25) is 0 Å². The Bertz CT molecular complexity index is 794. The van der Waals surface area contributed by atoms with Crippen molar-refractivity contribution in [1.29, 1.82) is 0 Å². The summed E-state index contributed by atoms with van der Waals surface area (Å²) in [4.78, 5) is 16.7. The van der Waals surface area contributed by atoms with E-state index in [0.29, 0.717) is 11.1 Å². The number of rotatable bonds is 5. The smallest absolute Gasteiger partial charge is 0.547 e. The maximum absolute atomic E-state index is 12.2. The van der Waals surface area contributed by atoms with Crippen LogP contribution >= 0.6 is 0 Å². The maximum atomic E-state index is 12.2. The molecule has 0 bridgehead atoms. The van der Waals surface area contributed by atoms with Crippen molar-refractivity contribution in [1.82, 2.24) is 0 Å². The molecule has 25 heavy (non-hydrogen) atoms. The van der Waals surface area contributed by atoms with E-state index in [4.69, 9.17) is 0 Å². The Balaban J connectivity index is 0.00000225. The summed E-state index contributed by atoms with van der Waals surface area (Å²) >= 11 is 0. The molecule has 0 aromatic heterocycles. The molecule has 0 spiro atoms. The Morgan fingerprint density at radius 3 is 1.56 bits per heavy atom. The van der Waals surface area contributed by atoms with Crippen LogP contribution < -0.4 is 24.0 Å². The van der Waals surface area contributed by atoms with Gasteiger partial charge in [0.25, 0.3) is 0 Å². The molecule has 3 aromatic rings. The zero-order chi connectivity index (χ0) is 16.8. The minimum absolute atomic E-state index is 0. The molecule has 0 saturated heterocycles. The van der Waals surface area contributed by atoms with Crippen LogP contribution in [0, 0.1) is 0 Å². The summed E-state index contributed by atoms with van der Waals surface area (Å²) in [6, 6.07) is 27.3. The fourth-order valence-electron chi connectivity index (χ4n) is 2.67. The van der Waals surface area contributed by atoms with Crippen LogP contribution in [0.25, 0.3) is 0 Å². The number of aliphatic imine (C=N–C) groups is 1. The monoisotopic (exact) mass is 321 g/mol. The van der Waals surface area contributed by atoms with Gasteiger partial charge in [0.15, 0.2) is 0 Å². The molecule has 0 N–H and O–H groups in total. The van der Waals surface area contributed by atoms with Crippen molar-refractivity contribution in [2.75, 3.05) is 0 Å². The van der Waals surface area contributed by atoms with Crippen molar-refractivity contribution in [3.63, 3.8) is 0 Å². The van der Waals surface area contributed by atoms with E-state index >= 15 is 0 Å². The molecule has 0 unspecified atom stereocenters. The van der Waals surface area contributed by atoms with E-state index in [1.807, 2.05) is 42.5 Å². The van der Waals surface area contributed by atoms with E-state index in [2.05, 4.69) is 4.99 Å². The molecule has 0 heterocycles. The number of carbonyl (C=O) groups is 1. The summed E-state index contributed by atoms with van der Waals surface area (Å²) in [5.74, 6) is -1.26. The van der Waals surface area contributed by atoms with Crippen LogP contribution in [0.5, 0.6) is 0 Å². The largest absolute Gasteiger partial charge is 1.00 e. The molecule has 3 nitrogen and oxygen atoms in total. The maximum Gasteiger partial charge on any atom is 1.00 e. The van der Waals surface area contributed by atoms with E-state index in [0.717, 1.165) is 5.56 Å². The van der Waals surface area contributed by atoms with Gasteiger partial charge < -0.3 is 9.90 Å². The fourth-order valence-corrected chi connectivity index (χ4v) is 2.67. The van der Waals surface area contributed by atoms with Gasteiger partial charge in [-0.1, -0.05) is 91.0 Å². The zero-order valence-electron chi connectivity index (χ0n) is 14.0. The first-order valence-corrected chi connectivity index (χ1v) is 7.66. The molecule has 4 heteroatoms. The number of carbonyl (C=O) groups excluding carboxylic acids is 1. The predicted molar refractivity (Wildman–Crippen MR) is 92.7 cm³/mol. The Kier molecular flexibility index (Phi) is 6.36. The molecule has 0 saturated carbocycles. The number of hydrogen-bond acceptors (Lipinski definition) is 3. The van der Waals surface area contributed by atoms with Crippen LogP contribution in [-0.4, -0.2) is 12.2 Å². The van der Waals surface area contributed by atoms with Gasteiger partial charge in [0.2, 0.25) is 0 Å². The second-order valence-electron chi connectivity index (χ2n) is 5.40. The standard InChI is InChI=1S/C21H17NO2.Li/c23-20(24)21(18-12-6-2-7-13-18,19-14-8-3-9-15-19)22-16-17-10-4-1-5-11-17;/h1-16H,(H,23,24);/q;+1/p-1. The summed E-state index contributed by atoms with van der Waals surface area (Å²) in [6.07, 6.45) is 1.58. The fraction of sp³-hybridized carbons (Fsp3) is 0.0476. The van der Waals surface area contributed by atoms with Crippen molar-refractivity contribution in [3.8, 4) is 0 Å². The molecule has 0 aliphatic heterocycles. The van der Waals surface area contributed by atoms with Crippen molar-refractivity contribution in [2.24, 2.45) is 4.99 Å². The molecular weight excluding hydrogens is 305 g/mol. The van der Waals surface area contributed by atoms with Gasteiger partial charge >= 0.3 is 18.9 Å². The van der Waals surface area contributed by atoms with Gasteiger partial charge in [-0.05, 0) is 16.7 Å². The summed E-state index contributed by atoms with van der Waals surface area (Å²) in [5, 5.41) is 12.2. The Morgan fingerprint density at radius 2 is 1.16 bits per heavy atom. The quantitative estimate of drug-likeness (QED) is 0.483. The summed E-state index contributed by atoms with van der Waals surface area (Å²) < 4.78 is 0. The number of carboxylic acids is 1. The molecular formula is C21H16LiNO2. The van der Waals surface area contributed by atoms with Crippen LogP contribution in [0.4, 0.5) is 0 Å². The topological polar surface area (TPSA) is 52.5 Å². The Hall–Kier alpha value is -2.60. The summed E-state index contributed by atoms with van der Waals surface area (Å²) in [5.41, 5.74) is 0.361.